The van der Waals surface area contributed by atoms with Gasteiger partial charge in [0.05, 0.1) is 0 Å². The molecule has 4 rings (SSSR count). The minimum Gasteiger partial charge on any atom is -0.326 e. The second-order valence-corrected chi connectivity index (χ2v) is 7.08. The van der Waals surface area contributed by atoms with Gasteiger partial charge in [0.15, 0.2) is 0 Å². The average molecular weight is 305 g/mol. The SMILES string of the molecule is Cc1ccc(NC(=O)C2[C@H]3CCC[C@H]2C3c2ccccc2)cc1. The van der Waals surface area contributed by atoms with Crippen LogP contribution in [0.3, 0.4) is 0 Å². The Bertz CT molecular complexity index is 680. The minimum absolute atomic E-state index is 0.190. The van der Waals surface area contributed by atoms with Crippen molar-refractivity contribution in [2.24, 2.45) is 17.8 Å². The maximum absolute atomic E-state index is 12.8. The molecule has 2 saturated carbocycles. The molecular weight excluding hydrogens is 282 g/mol. The summed E-state index contributed by atoms with van der Waals surface area (Å²) in [6.45, 7) is 2.06. The van der Waals surface area contributed by atoms with Gasteiger partial charge in [0.25, 0.3) is 0 Å². The van der Waals surface area contributed by atoms with Crippen molar-refractivity contribution in [2.45, 2.75) is 32.1 Å². The van der Waals surface area contributed by atoms with Crippen LogP contribution in [-0.2, 0) is 4.79 Å². The van der Waals surface area contributed by atoms with Crippen molar-refractivity contribution >= 4 is 11.6 Å². The van der Waals surface area contributed by atoms with E-state index in [2.05, 4.69) is 42.6 Å². The van der Waals surface area contributed by atoms with Crippen LogP contribution >= 0.6 is 0 Å². The minimum atomic E-state index is 0.190. The molecule has 1 amide bonds. The van der Waals surface area contributed by atoms with Crippen LogP contribution in [0.4, 0.5) is 5.69 Å². The van der Waals surface area contributed by atoms with Gasteiger partial charge in [0.2, 0.25) is 5.91 Å². The number of hydrogen-bond acceptors (Lipinski definition) is 1. The Balaban J connectivity index is 1.50. The molecule has 2 aromatic rings. The first-order valence-electron chi connectivity index (χ1n) is 8.66. The number of amides is 1. The van der Waals surface area contributed by atoms with Crippen LogP contribution in [0.1, 0.15) is 36.3 Å². The lowest BCUT2D eigenvalue weighted by Crippen LogP contribution is -2.53. The Morgan fingerprint density at radius 2 is 1.61 bits per heavy atom. The zero-order valence-electron chi connectivity index (χ0n) is 13.5. The van der Waals surface area contributed by atoms with Crippen molar-refractivity contribution in [2.75, 3.05) is 5.32 Å². The predicted octanol–water partition coefficient (Wildman–Crippen LogP) is 4.76. The molecule has 23 heavy (non-hydrogen) atoms. The first kappa shape index (κ1) is 14.5. The summed E-state index contributed by atoms with van der Waals surface area (Å²) in [5, 5.41) is 3.13. The molecule has 2 fully saturated rings. The Kier molecular flexibility index (Phi) is 3.68. The van der Waals surface area contributed by atoms with Gasteiger partial charge in [-0.25, -0.2) is 0 Å². The number of carbonyl (C=O) groups is 1. The van der Waals surface area contributed by atoms with Crippen LogP contribution in [0.2, 0.25) is 0 Å². The molecule has 2 aromatic carbocycles. The van der Waals surface area contributed by atoms with E-state index in [9.17, 15) is 4.79 Å². The second kappa shape index (κ2) is 5.84. The van der Waals surface area contributed by atoms with Gasteiger partial charge in [-0.05, 0) is 55.2 Å². The van der Waals surface area contributed by atoms with Gasteiger partial charge in [-0.1, -0.05) is 54.4 Å². The van der Waals surface area contributed by atoms with Crippen LogP contribution in [0.5, 0.6) is 0 Å². The highest BCUT2D eigenvalue weighted by atomic mass is 16.2. The van der Waals surface area contributed by atoms with Crippen LogP contribution in [0.15, 0.2) is 54.6 Å². The summed E-state index contributed by atoms with van der Waals surface area (Å²) in [4.78, 5) is 12.8. The fraction of sp³-hybridized carbons (Fsp3) is 0.381. The molecule has 2 aliphatic carbocycles. The van der Waals surface area contributed by atoms with E-state index < -0.39 is 0 Å². The summed E-state index contributed by atoms with van der Waals surface area (Å²) < 4.78 is 0. The summed E-state index contributed by atoms with van der Waals surface area (Å²) in [5.41, 5.74) is 3.55. The fourth-order valence-electron chi connectivity index (χ4n) is 4.66. The van der Waals surface area contributed by atoms with E-state index in [-0.39, 0.29) is 11.8 Å². The van der Waals surface area contributed by atoms with E-state index in [4.69, 9.17) is 0 Å². The molecule has 0 aliphatic heterocycles. The normalized spacial score (nSPS) is 28.7. The third-order valence-corrected chi connectivity index (χ3v) is 5.73. The quantitative estimate of drug-likeness (QED) is 0.870. The molecule has 0 radical (unpaired) electrons. The van der Waals surface area contributed by atoms with Crippen LogP contribution in [-0.4, -0.2) is 5.91 Å². The molecule has 2 bridgehead atoms. The molecule has 0 spiro atoms. The van der Waals surface area contributed by atoms with Crippen molar-refractivity contribution in [3.8, 4) is 0 Å². The molecule has 0 saturated heterocycles. The fourth-order valence-corrected chi connectivity index (χ4v) is 4.66. The zero-order valence-corrected chi connectivity index (χ0v) is 13.5. The second-order valence-electron chi connectivity index (χ2n) is 7.08. The maximum atomic E-state index is 12.8. The molecule has 0 unspecified atom stereocenters. The number of aryl methyl sites for hydroxylation is 1. The average Bonchev–Trinajstić information content (AvgIpc) is 2.58. The number of nitrogens with one attached hydrogen (secondary N) is 1. The van der Waals surface area contributed by atoms with E-state index in [1.165, 1.54) is 30.4 Å². The van der Waals surface area contributed by atoms with Crippen molar-refractivity contribution in [1.29, 1.82) is 0 Å². The van der Waals surface area contributed by atoms with Crippen LogP contribution < -0.4 is 5.32 Å². The lowest BCUT2D eigenvalue weighted by atomic mass is 9.48. The lowest BCUT2D eigenvalue weighted by Gasteiger charge is -2.55. The van der Waals surface area contributed by atoms with Crippen LogP contribution in [0, 0.1) is 24.7 Å². The highest BCUT2D eigenvalue weighted by Gasteiger charge is 2.55. The van der Waals surface area contributed by atoms with E-state index in [0.29, 0.717) is 17.8 Å². The number of rotatable bonds is 3. The predicted molar refractivity (Wildman–Crippen MR) is 93.3 cm³/mol. The summed E-state index contributed by atoms with van der Waals surface area (Å²) >= 11 is 0. The van der Waals surface area contributed by atoms with Gasteiger partial charge in [0.1, 0.15) is 0 Å². The smallest absolute Gasteiger partial charge is 0.228 e. The number of anilines is 1. The topological polar surface area (TPSA) is 29.1 Å². The Morgan fingerprint density at radius 1 is 0.957 bits per heavy atom. The van der Waals surface area contributed by atoms with E-state index in [1.807, 2.05) is 24.3 Å². The van der Waals surface area contributed by atoms with E-state index in [0.717, 1.165) is 5.69 Å². The largest absolute Gasteiger partial charge is 0.326 e. The summed E-state index contributed by atoms with van der Waals surface area (Å²) in [6.07, 6.45) is 3.64. The van der Waals surface area contributed by atoms with Crippen molar-refractivity contribution in [1.82, 2.24) is 0 Å². The van der Waals surface area contributed by atoms with E-state index in [1.54, 1.807) is 0 Å². The Hall–Kier alpha value is -2.09. The number of carbonyl (C=O) groups excluding carboxylic acids is 1. The van der Waals surface area contributed by atoms with Gasteiger partial charge < -0.3 is 5.32 Å². The third kappa shape index (κ3) is 2.56. The number of benzene rings is 2. The van der Waals surface area contributed by atoms with Crippen molar-refractivity contribution in [3.05, 3.63) is 65.7 Å². The van der Waals surface area contributed by atoms with Crippen molar-refractivity contribution < 1.29 is 4.79 Å². The molecule has 1 N–H and O–H groups in total. The molecule has 2 atom stereocenters. The molecular formula is C21H23NO. The molecule has 0 aromatic heterocycles. The van der Waals surface area contributed by atoms with Gasteiger partial charge >= 0.3 is 0 Å². The molecule has 0 heterocycles. The van der Waals surface area contributed by atoms with Crippen molar-refractivity contribution in [3.63, 3.8) is 0 Å². The van der Waals surface area contributed by atoms with Gasteiger partial charge in [-0.3, -0.25) is 4.79 Å². The highest BCUT2D eigenvalue weighted by Crippen LogP contribution is 2.60. The summed E-state index contributed by atoms with van der Waals surface area (Å²) in [5.74, 6) is 2.02. The molecule has 2 nitrogen and oxygen atoms in total. The molecule has 118 valence electrons. The first-order chi connectivity index (χ1) is 11.2. The lowest BCUT2D eigenvalue weighted by molar-refractivity contribution is -0.135. The first-order valence-corrected chi connectivity index (χ1v) is 8.66. The zero-order chi connectivity index (χ0) is 15.8. The Labute approximate surface area is 137 Å². The molecule has 2 heteroatoms. The summed E-state index contributed by atoms with van der Waals surface area (Å²) in [6, 6.07) is 18.8. The van der Waals surface area contributed by atoms with Crippen LogP contribution in [0.25, 0.3) is 0 Å². The number of fused-ring (bicyclic) bond motifs is 2. The van der Waals surface area contributed by atoms with Gasteiger partial charge in [-0.15, -0.1) is 0 Å². The monoisotopic (exact) mass is 305 g/mol. The number of hydrogen-bond donors (Lipinski definition) is 1. The van der Waals surface area contributed by atoms with Gasteiger partial charge in [0, 0.05) is 11.6 Å². The highest BCUT2D eigenvalue weighted by molar-refractivity contribution is 5.94. The van der Waals surface area contributed by atoms with E-state index >= 15 is 0 Å². The standard InChI is InChI=1S/C21H23NO/c1-14-10-12-16(13-11-14)22-21(23)20-17-8-5-9-18(20)19(17)15-6-3-2-4-7-15/h2-4,6-7,10-13,17-20H,5,8-9H2,1H3,(H,22,23)/t17-,18-,19?,20?/m0/s1. The molecule has 2 aliphatic rings. The third-order valence-electron chi connectivity index (χ3n) is 5.73. The Morgan fingerprint density at radius 3 is 2.26 bits per heavy atom. The summed E-state index contributed by atoms with van der Waals surface area (Å²) in [7, 11) is 0. The van der Waals surface area contributed by atoms with Gasteiger partial charge in [-0.2, -0.15) is 0 Å². The maximum Gasteiger partial charge on any atom is 0.228 e.